The fourth-order valence-corrected chi connectivity index (χ4v) is 2.61. The van der Waals surface area contributed by atoms with E-state index in [-0.39, 0.29) is 17.9 Å². The van der Waals surface area contributed by atoms with Gasteiger partial charge in [-0.25, -0.2) is 0 Å². The van der Waals surface area contributed by atoms with Crippen molar-refractivity contribution in [1.29, 1.82) is 0 Å². The number of carbonyl (C=O) groups excluding carboxylic acids is 3. The van der Waals surface area contributed by atoms with Gasteiger partial charge in [-0.05, 0) is 43.3 Å². The van der Waals surface area contributed by atoms with E-state index in [1.165, 1.54) is 7.11 Å². The van der Waals surface area contributed by atoms with Gasteiger partial charge in [0.15, 0.2) is 11.9 Å². The first kappa shape index (κ1) is 16.7. The average molecular weight is 339 g/mol. The predicted molar refractivity (Wildman–Crippen MR) is 89.9 cm³/mol. The third kappa shape index (κ3) is 3.24. The Hall–Kier alpha value is -3.15. The Kier molecular flexibility index (Phi) is 4.52. The molecule has 0 saturated carbocycles. The SMILES string of the molecule is COc1ccc(C(=O)CN2C(=O)c3ccccc3OC(C)C2=O)cc1. The van der Waals surface area contributed by atoms with Crippen LogP contribution in [0.1, 0.15) is 27.6 Å². The second-order valence-corrected chi connectivity index (χ2v) is 5.64. The van der Waals surface area contributed by atoms with Crippen LogP contribution in [0.5, 0.6) is 11.5 Å². The average Bonchev–Trinajstić information content (AvgIpc) is 2.72. The topological polar surface area (TPSA) is 72.9 Å². The van der Waals surface area contributed by atoms with E-state index in [0.29, 0.717) is 17.1 Å². The number of para-hydroxylation sites is 1. The van der Waals surface area contributed by atoms with Gasteiger partial charge in [-0.15, -0.1) is 0 Å². The van der Waals surface area contributed by atoms with Crippen LogP contribution in [0.4, 0.5) is 0 Å². The van der Waals surface area contributed by atoms with E-state index < -0.39 is 17.9 Å². The molecule has 2 aromatic rings. The van der Waals surface area contributed by atoms with Gasteiger partial charge in [0.1, 0.15) is 11.5 Å². The monoisotopic (exact) mass is 339 g/mol. The van der Waals surface area contributed by atoms with Gasteiger partial charge in [0.05, 0.1) is 19.2 Å². The van der Waals surface area contributed by atoms with Crippen LogP contribution in [0.15, 0.2) is 48.5 Å². The number of imide groups is 1. The summed E-state index contributed by atoms with van der Waals surface area (Å²) in [6, 6.07) is 13.1. The Labute approximate surface area is 145 Å². The highest BCUT2D eigenvalue weighted by molar-refractivity contribution is 6.12. The molecule has 1 aliphatic heterocycles. The number of ketones is 1. The molecule has 0 aliphatic carbocycles. The number of fused-ring (bicyclic) bond motifs is 1. The molecule has 1 aliphatic rings. The van der Waals surface area contributed by atoms with Gasteiger partial charge in [0.2, 0.25) is 0 Å². The van der Waals surface area contributed by atoms with E-state index in [0.717, 1.165) is 4.90 Å². The van der Waals surface area contributed by atoms with E-state index in [9.17, 15) is 14.4 Å². The molecule has 1 heterocycles. The van der Waals surface area contributed by atoms with Crippen LogP contribution in [0, 0.1) is 0 Å². The number of Topliss-reactive ketones (excluding diaryl/α,β-unsaturated/α-hetero) is 1. The maximum absolute atomic E-state index is 12.7. The summed E-state index contributed by atoms with van der Waals surface area (Å²) in [5.74, 6) is -0.451. The number of hydrogen-bond acceptors (Lipinski definition) is 5. The maximum atomic E-state index is 12.7. The summed E-state index contributed by atoms with van der Waals surface area (Å²) in [6.07, 6.45) is -0.851. The normalized spacial score (nSPS) is 16.7. The number of benzene rings is 2. The van der Waals surface area contributed by atoms with Crippen LogP contribution in [0.3, 0.4) is 0 Å². The number of nitrogens with zero attached hydrogens (tertiary/aromatic N) is 1. The van der Waals surface area contributed by atoms with Crippen LogP contribution in [-0.4, -0.2) is 42.3 Å². The number of ether oxygens (including phenoxy) is 2. The Morgan fingerprint density at radius 3 is 2.48 bits per heavy atom. The van der Waals surface area contributed by atoms with Crippen LogP contribution in [0.2, 0.25) is 0 Å². The van der Waals surface area contributed by atoms with E-state index in [1.807, 2.05) is 0 Å². The molecule has 6 nitrogen and oxygen atoms in total. The molecule has 0 N–H and O–H groups in total. The van der Waals surface area contributed by atoms with Gasteiger partial charge in [-0.2, -0.15) is 0 Å². The Morgan fingerprint density at radius 1 is 1.12 bits per heavy atom. The molecular weight excluding hydrogens is 322 g/mol. The molecule has 25 heavy (non-hydrogen) atoms. The third-order valence-electron chi connectivity index (χ3n) is 3.99. The van der Waals surface area contributed by atoms with Gasteiger partial charge in [0.25, 0.3) is 11.8 Å². The molecule has 2 aromatic carbocycles. The van der Waals surface area contributed by atoms with Crippen molar-refractivity contribution in [2.75, 3.05) is 13.7 Å². The first-order valence-corrected chi connectivity index (χ1v) is 7.80. The second kappa shape index (κ2) is 6.76. The van der Waals surface area contributed by atoms with E-state index in [1.54, 1.807) is 55.5 Å². The minimum Gasteiger partial charge on any atom is -0.497 e. The summed E-state index contributed by atoms with van der Waals surface area (Å²) in [7, 11) is 1.53. The minimum atomic E-state index is -0.851. The lowest BCUT2D eigenvalue weighted by atomic mass is 10.1. The zero-order valence-corrected chi connectivity index (χ0v) is 13.9. The highest BCUT2D eigenvalue weighted by Crippen LogP contribution is 2.25. The standard InChI is InChI=1S/C19H17NO5/c1-12-18(22)20(19(23)15-5-3-4-6-17(15)25-12)11-16(21)13-7-9-14(24-2)10-8-13/h3-10,12H,11H2,1-2H3. The summed E-state index contributed by atoms with van der Waals surface area (Å²) < 4.78 is 10.6. The summed E-state index contributed by atoms with van der Waals surface area (Å²) in [5.41, 5.74) is 0.662. The maximum Gasteiger partial charge on any atom is 0.270 e. The molecule has 0 saturated heterocycles. The van der Waals surface area contributed by atoms with Crippen molar-refractivity contribution in [2.45, 2.75) is 13.0 Å². The zero-order valence-electron chi connectivity index (χ0n) is 13.9. The lowest BCUT2D eigenvalue weighted by Crippen LogP contribution is -2.44. The molecule has 1 atom stereocenters. The number of rotatable bonds is 4. The molecule has 0 bridgehead atoms. The van der Waals surface area contributed by atoms with Crippen LogP contribution >= 0.6 is 0 Å². The van der Waals surface area contributed by atoms with E-state index in [2.05, 4.69) is 0 Å². The van der Waals surface area contributed by atoms with Crippen LogP contribution in [0.25, 0.3) is 0 Å². The fourth-order valence-electron chi connectivity index (χ4n) is 2.61. The zero-order chi connectivity index (χ0) is 18.0. The summed E-state index contributed by atoms with van der Waals surface area (Å²) >= 11 is 0. The minimum absolute atomic E-state index is 0.266. The number of hydrogen-bond donors (Lipinski definition) is 0. The number of carbonyl (C=O) groups is 3. The first-order valence-electron chi connectivity index (χ1n) is 7.80. The van der Waals surface area contributed by atoms with Crippen molar-refractivity contribution >= 4 is 17.6 Å². The summed E-state index contributed by atoms with van der Waals surface area (Å²) in [5, 5.41) is 0. The highest BCUT2D eigenvalue weighted by atomic mass is 16.5. The molecule has 3 rings (SSSR count). The van der Waals surface area contributed by atoms with Crippen LogP contribution in [-0.2, 0) is 4.79 Å². The lowest BCUT2D eigenvalue weighted by Gasteiger charge is -2.19. The van der Waals surface area contributed by atoms with E-state index >= 15 is 0 Å². The first-order chi connectivity index (χ1) is 12.0. The van der Waals surface area contributed by atoms with Crippen molar-refractivity contribution in [3.8, 4) is 11.5 Å². The molecule has 128 valence electrons. The smallest absolute Gasteiger partial charge is 0.270 e. The number of amides is 2. The Morgan fingerprint density at radius 2 is 1.80 bits per heavy atom. The van der Waals surface area contributed by atoms with Gasteiger partial charge < -0.3 is 9.47 Å². The Bertz CT molecular complexity index is 828. The molecule has 0 aromatic heterocycles. The van der Waals surface area contributed by atoms with Crippen molar-refractivity contribution < 1.29 is 23.9 Å². The van der Waals surface area contributed by atoms with Crippen molar-refractivity contribution in [3.63, 3.8) is 0 Å². The summed E-state index contributed by atoms with van der Waals surface area (Å²) in [4.78, 5) is 38.7. The second-order valence-electron chi connectivity index (χ2n) is 5.64. The molecule has 0 spiro atoms. The van der Waals surface area contributed by atoms with Gasteiger partial charge in [0, 0.05) is 5.56 Å². The Balaban J connectivity index is 1.88. The molecule has 2 amide bonds. The third-order valence-corrected chi connectivity index (χ3v) is 3.99. The quantitative estimate of drug-likeness (QED) is 0.631. The predicted octanol–water partition coefficient (Wildman–Crippen LogP) is 2.33. The lowest BCUT2D eigenvalue weighted by molar-refractivity contribution is -0.134. The van der Waals surface area contributed by atoms with Gasteiger partial charge in [-0.3, -0.25) is 19.3 Å². The van der Waals surface area contributed by atoms with Crippen LogP contribution < -0.4 is 9.47 Å². The van der Waals surface area contributed by atoms with Gasteiger partial charge in [-0.1, -0.05) is 12.1 Å². The summed E-state index contributed by atoms with van der Waals surface area (Å²) in [6.45, 7) is 1.22. The molecule has 1 unspecified atom stereocenters. The molecular formula is C19H17NO5. The van der Waals surface area contributed by atoms with Crippen molar-refractivity contribution in [3.05, 3.63) is 59.7 Å². The molecule has 0 fully saturated rings. The molecule has 0 radical (unpaired) electrons. The highest BCUT2D eigenvalue weighted by Gasteiger charge is 2.35. The van der Waals surface area contributed by atoms with E-state index in [4.69, 9.17) is 9.47 Å². The molecule has 6 heteroatoms. The van der Waals surface area contributed by atoms with Gasteiger partial charge >= 0.3 is 0 Å². The number of methoxy groups -OCH3 is 1. The van der Waals surface area contributed by atoms with Crippen molar-refractivity contribution in [2.24, 2.45) is 0 Å². The fraction of sp³-hybridized carbons (Fsp3) is 0.211. The van der Waals surface area contributed by atoms with Crippen molar-refractivity contribution in [1.82, 2.24) is 4.90 Å². The largest absolute Gasteiger partial charge is 0.497 e.